The van der Waals surface area contributed by atoms with E-state index in [1.807, 2.05) is 0 Å². The van der Waals surface area contributed by atoms with Crippen LogP contribution in [0, 0.1) is 5.92 Å². The number of piperidine rings is 1. The summed E-state index contributed by atoms with van der Waals surface area (Å²) < 4.78 is 17.9. The van der Waals surface area contributed by atoms with Crippen LogP contribution in [0.4, 0.5) is 0 Å². The molecule has 3 fully saturated rings. The van der Waals surface area contributed by atoms with E-state index in [2.05, 4.69) is 30.1 Å². The van der Waals surface area contributed by atoms with Crippen LogP contribution >= 0.6 is 0 Å². The molecule has 4 aliphatic rings. The number of likely N-dealkylation sites (tertiary alicyclic amines) is 1. The fourth-order valence-corrected chi connectivity index (χ4v) is 6.06. The molecule has 1 saturated carbocycles. The van der Waals surface area contributed by atoms with Gasteiger partial charge in [0.05, 0.1) is 20.3 Å². The molecule has 1 aromatic carbocycles. The topological polar surface area (TPSA) is 30.9 Å². The lowest BCUT2D eigenvalue weighted by molar-refractivity contribution is -0.212. The minimum Gasteiger partial charge on any atom is -0.497 e. The van der Waals surface area contributed by atoms with Gasteiger partial charge in [0.1, 0.15) is 5.75 Å². The Hall–Kier alpha value is -1.10. The average Bonchev–Trinajstić information content (AvgIpc) is 3.05. The van der Waals surface area contributed by atoms with Crippen LogP contribution in [0.15, 0.2) is 18.2 Å². The molecule has 0 radical (unpaired) electrons. The van der Waals surface area contributed by atoms with Gasteiger partial charge in [-0.2, -0.15) is 0 Å². The number of hydrogen-bond donors (Lipinski definition) is 0. The van der Waals surface area contributed by atoms with Crippen molar-refractivity contribution in [3.63, 3.8) is 0 Å². The van der Waals surface area contributed by atoms with Gasteiger partial charge in [0.15, 0.2) is 5.79 Å². The summed E-state index contributed by atoms with van der Waals surface area (Å²) in [6.45, 7) is 2.65. The SMILES string of the molecule is COc1ccc2c(c1)[C@@]13CCN(C)[C@H](C2)[C@@H]1CCC1(C3)OCCO1. The highest BCUT2D eigenvalue weighted by molar-refractivity contribution is 5.46. The maximum absolute atomic E-state index is 6.15. The zero-order chi connectivity index (χ0) is 16.4. The molecule has 2 aliphatic carbocycles. The summed E-state index contributed by atoms with van der Waals surface area (Å²) in [5, 5.41) is 0. The maximum atomic E-state index is 6.15. The summed E-state index contributed by atoms with van der Waals surface area (Å²) >= 11 is 0. The molecule has 0 N–H and O–H groups in total. The number of methoxy groups -OCH3 is 1. The van der Waals surface area contributed by atoms with E-state index in [-0.39, 0.29) is 11.2 Å². The quantitative estimate of drug-likeness (QED) is 0.793. The molecular weight excluding hydrogens is 302 g/mol. The number of ether oxygens (including phenoxy) is 3. The molecule has 1 spiro atoms. The van der Waals surface area contributed by atoms with Crippen molar-refractivity contribution in [2.75, 3.05) is 33.9 Å². The molecule has 4 heteroatoms. The lowest BCUT2D eigenvalue weighted by Crippen LogP contribution is -2.63. The molecule has 130 valence electrons. The number of fused-ring (bicyclic) bond motifs is 1. The van der Waals surface area contributed by atoms with E-state index in [1.54, 1.807) is 7.11 Å². The Morgan fingerprint density at radius 1 is 1.21 bits per heavy atom. The Morgan fingerprint density at radius 2 is 2.04 bits per heavy atom. The molecule has 2 heterocycles. The van der Waals surface area contributed by atoms with E-state index in [0.717, 1.165) is 44.8 Å². The molecule has 0 unspecified atom stereocenters. The number of nitrogens with zero attached hydrogens (tertiary/aromatic N) is 1. The van der Waals surface area contributed by atoms with Gasteiger partial charge in [-0.3, -0.25) is 0 Å². The number of likely N-dealkylation sites (N-methyl/N-ethyl adjacent to an activating group) is 1. The summed E-state index contributed by atoms with van der Waals surface area (Å²) in [5.41, 5.74) is 3.19. The maximum Gasteiger partial charge on any atom is 0.169 e. The second-order valence-corrected chi connectivity index (χ2v) is 8.11. The van der Waals surface area contributed by atoms with Crippen LogP contribution < -0.4 is 4.74 Å². The zero-order valence-corrected chi connectivity index (χ0v) is 14.7. The summed E-state index contributed by atoms with van der Waals surface area (Å²) in [6.07, 6.45) is 5.61. The fraction of sp³-hybridized carbons (Fsp3) is 0.700. The Labute approximate surface area is 144 Å². The molecule has 0 aromatic heterocycles. The van der Waals surface area contributed by atoms with Gasteiger partial charge in [-0.1, -0.05) is 6.07 Å². The summed E-state index contributed by atoms with van der Waals surface area (Å²) in [6, 6.07) is 7.36. The highest BCUT2D eigenvalue weighted by atomic mass is 16.7. The van der Waals surface area contributed by atoms with Crippen LogP contribution in [0.5, 0.6) is 5.75 Å². The van der Waals surface area contributed by atoms with Gasteiger partial charge in [0.25, 0.3) is 0 Å². The van der Waals surface area contributed by atoms with Gasteiger partial charge in [0.2, 0.25) is 0 Å². The lowest BCUT2D eigenvalue weighted by Gasteiger charge is -2.60. The van der Waals surface area contributed by atoms with E-state index in [1.165, 1.54) is 24.0 Å². The van der Waals surface area contributed by atoms with Crippen molar-refractivity contribution >= 4 is 0 Å². The molecule has 24 heavy (non-hydrogen) atoms. The van der Waals surface area contributed by atoms with Gasteiger partial charge in [-0.25, -0.2) is 0 Å². The van der Waals surface area contributed by atoms with Crippen molar-refractivity contribution in [2.45, 2.75) is 49.3 Å². The highest BCUT2D eigenvalue weighted by Crippen LogP contribution is 2.59. The van der Waals surface area contributed by atoms with Crippen molar-refractivity contribution in [1.82, 2.24) is 4.90 Å². The largest absolute Gasteiger partial charge is 0.497 e. The van der Waals surface area contributed by atoms with Crippen LogP contribution in [-0.2, 0) is 21.3 Å². The minimum absolute atomic E-state index is 0.182. The zero-order valence-electron chi connectivity index (χ0n) is 14.7. The van der Waals surface area contributed by atoms with Crippen molar-refractivity contribution in [1.29, 1.82) is 0 Å². The molecule has 2 bridgehead atoms. The van der Waals surface area contributed by atoms with E-state index in [4.69, 9.17) is 14.2 Å². The average molecular weight is 329 g/mol. The number of hydrogen-bond acceptors (Lipinski definition) is 4. The van der Waals surface area contributed by atoms with E-state index < -0.39 is 0 Å². The third-order valence-corrected chi connectivity index (χ3v) is 7.17. The monoisotopic (exact) mass is 329 g/mol. The molecule has 2 aliphatic heterocycles. The fourth-order valence-electron chi connectivity index (χ4n) is 6.06. The third kappa shape index (κ3) is 1.97. The molecule has 5 rings (SSSR count). The third-order valence-electron chi connectivity index (χ3n) is 7.17. The molecule has 0 amide bonds. The Balaban J connectivity index is 1.65. The smallest absolute Gasteiger partial charge is 0.169 e. The van der Waals surface area contributed by atoms with Gasteiger partial charge in [-0.15, -0.1) is 0 Å². The summed E-state index contributed by atoms with van der Waals surface area (Å²) in [5.74, 6) is 1.34. The first kappa shape index (κ1) is 15.2. The molecule has 2 saturated heterocycles. The van der Waals surface area contributed by atoms with E-state index in [9.17, 15) is 0 Å². The Bertz CT molecular complexity index is 654. The second-order valence-electron chi connectivity index (χ2n) is 8.11. The first-order valence-corrected chi connectivity index (χ1v) is 9.31. The number of rotatable bonds is 1. The second kappa shape index (κ2) is 5.20. The molecule has 4 nitrogen and oxygen atoms in total. The number of benzene rings is 1. The van der Waals surface area contributed by atoms with Crippen molar-refractivity contribution in [2.24, 2.45) is 5.92 Å². The summed E-state index contributed by atoms with van der Waals surface area (Å²) in [7, 11) is 4.07. The van der Waals surface area contributed by atoms with Crippen LogP contribution in [-0.4, -0.2) is 50.6 Å². The van der Waals surface area contributed by atoms with Gasteiger partial charge in [0, 0.05) is 24.3 Å². The van der Waals surface area contributed by atoms with Crippen molar-refractivity contribution in [3.8, 4) is 5.75 Å². The highest BCUT2D eigenvalue weighted by Gasteiger charge is 2.60. The first-order chi connectivity index (χ1) is 11.7. The van der Waals surface area contributed by atoms with Crippen molar-refractivity contribution in [3.05, 3.63) is 29.3 Å². The first-order valence-electron chi connectivity index (χ1n) is 9.31. The van der Waals surface area contributed by atoms with E-state index >= 15 is 0 Å². The molecule has 3 atom stereocenters. The summed E-state index contributed by atoms with van der Waals surface area (Å²) in [4.78, 5) is 2.59. The van der Waals surface area contributed by atoms with Crippen LogP contribution in [0.1, 0.15) is 36.8 Å². The predicted molar refractivity (Wildman–Crippen MR) is 91.4 cm³/mol. The molecule has 1 aromatic rings. The Kier molecular flexibility index (Phi) is 3.29. The molecular formula is C20H27NO3. The normalized spacial score (nSPS) is 37.1. The van der Waals surface area contributed by atoms with Crippen LogP contribution in [0.3, 0.4) is 0 Å². The lowest BCUT2D eigenvalue weighted by atomic mass is 9.51. The van der Waals surface area contributed by atoms with Crippen LogP contribution in [0.25, 0.3) is 0 Å². The Morgan fingerprint density at radius 3 is 2.83 bits per heavy atom. The van der Waals surface area contributed by atoms with E-state index in [0.29, 0.717) is 12.0 Å². The van der Waals surface area contributed by atoms with Gasteiger partial charge >= 0.3 is 0 Å². The standard InChI is InChI=1S/C20H27NO3/c1-21-8-7-19-13-20(23-9-10-24-20)6-5-16(19)18(21)11-14-3-4-15(22-2)12-17(14)19/h3-4,12,16,18H,5-11,13H2,1-2H3/t16-,18+,19+/m0/s1. The van der Waals surface area contributed by atoms with Gasteiger partial charge < -0.3 is 19.1 Å². The van der Waals surface area contributed by atoms with Gasteiger partial charge in [-0.05, 0) is 62.0 Å². The van der Waals surface area contributed by atoms with Crippen LogP contribution in [0.2, 0.25) is 0 Å². The minimum atomic E-state index is -0.339. The van der Waals surface area contributed by atoms with Crippen molar-refractivity contribution < 1.29 is 14.2 Å². The predicted octanol–water partition coefficient (Wildman–Crippen LogP) is 2.74.